The van der Waals surface area contributed by atoms with Crippen molar-refractivity contribution in [3.05, 3.63) is 47.4 Å². The average molecular weight is 249 g/mol. The first-order chi connectivity index (χ1) is 8.69. The fourth-order valence-corrected chi connectivity index (χ4v) is 1.63. The van der Waals surface area contributed by atoms with Crippen molar-refractivity contribution < 1.29 is 8.91 Å². The van der Waals surface area contributed by atoms with Crippen molar-refractivity contribution in [3.8, 4) is 0 Å². The van der Waals surface area contributed by atoms with Crippen molar-refractivity contribution in [2.45, 2.75) is 25.8 Å². The van der Waals surface area contributed by atoms with E-state index in [1.165, 1.54) is 6.07 Å². The molecule has 5 heteroatoms. The summed E-state index contributed by atoms with van der Waals surface area (Å²) in [5.74, 6) is 0.836. The van der Waals surface area contributed by atoms with Gasteiger partial charge in [-0.25, -0.2) is 4.39 Å². The molecule has 2 rings (SSSR count). The van der Waals surface area contributed by atoms with Gasteiger partial charge >= 0.3 is 0 Å². The monoisotopic (exact) mass is 249 g/mol. The Kier molecular flexibility index (Phi) is 4.04. The second-order valence-electron chi connectivity index (χ2n) is 4.27. The highest BCUT2D eigenvalue weighted by Crippen LogP contribution is 2.12. The second-order valence-corrected chi connectivity index (χ2v) is 4.27. The lowest BCUT2D eigenvalue weighted by atomic mass is 10.1. The Morgan fingerprint density at radius 3 is 2.89 bits per heavy atom. The van der Waals surface area contributed by atoms with Gasteiger partial charge in [-0.2, -0.15) is 4.98 Å². The van der Waals surface area contributed by atoms with Gasteiger partial charge in [-0.15, -0.1) is 0 Å². The number of hydrogen-bond donors (Lipinski definition) is 1. The highest BCUT2D eigenvalue weighted by molar-refractivity contribution is 5.20. The summed E-state index contributed by atoms with van der Waals surface area (Å²) in [5.41, 5.74) is 0.564. The first-order valence-electron chi connectivity index (χ1n) is 5.91. The van der Waals surface area contributed by atoms with Crippen molar-refractivity contribution in [2.75, 3.05) is 7.05 Å². The van der Waals surface area contributed by atoms with E-state index >= 15 is 0 Å². The second kappa shape index (κ2) is 5.73. The Balaban J connectivity index is 2.05. The minimum atomic E-state index is -0.249. The number of benzene rings is 1. The molecular weight excluding hydrogens is 233 g/mol. The summed E-state index contributed by atoms with van der Waals surface area (Å²) < 4.78 is 18.6. The van der Waals surface area contributed by atoms with Crippen molar-refractivity contribution in [2.24, 2.45) is 0 Å². The molecule has 4 nitrogen and oxygen atoms in total. The summed E-state index contributed by atoms with van der Waals surface area (Å²) in [6.45, 7) is 2.03. The van der Waals surface area contributed by atoms with E-state index < -0.39 is 0 Å². The van der Waals surface area contributed by atoms with E-state index in [9.17, 15) is 4.39 Å². The summed E-state index contributed by atoms with van der Waals surface area (Å²) >= 11 is 0. The molecule has 0 spiro atoms. The zero-order valence-corrected chi connectivity index (χ0v) is 10.5. The Morgan fingerprint density at radius 1 is 1.39 bits per heavy atom. The van der Waals surface area contributed by atoms with Crippen LogP contribution in [-0.2, 0) is 12.8 Å². The lowest BCUT2D eigenvalue weighted by Crippen LogP contribution is -2.24. The van der Waals surface area contributed by atoms with Gasteiger partial charge in [0, 0.05) is 12.5 Å². The number of nitrogens with one attached hydrogen (secondary N) is 1. The van der Waals surface area contributed by atoms with E-state index in [4.69, 9.17) is 4.52 Å². The van der Waals surface area contributed by atoms with Crippen molar-refractivity contribution >= 4 is 0 Å². The third-order valence-corrected chi connectivity index (χ3v) is 2.79. The predicted octanol–water partition coefficient (Wildman–Crippen LogP) is 1.95. The third-order valence-electron chi connectivity index (χ3n) is 2.79. The van der Waals surface area contributed by atoms with Crippen LogP contribution in [0.15, 0.2) is 28.8 Å². The summed E-state index contributed by atoms with van der Waals surface area (Å²) in [4.78, 5) is 4.25. The van der Waals surface area contributed by atoms with Crippen LogP contribution < -0.4 is 5.32 Å². The summed E-state index contributed by atoms with van der Waals surface area (Å²) in [7, 11) is 1.88. The summed E-state index contributed by atoms with van der Waals surface area (Å²) in [5, 5.41) is 6.98. The molecule has 0 bridgehead atoms. The molecule has 0 aliphatic carbocycles. The normalized spacial score (nSPS) is 12.6. The van der Waals surface area contributed by atoms with Gasteiger partial charge in [0.2, 0.25) is 5.89 Å². The van der Waals surface area contributed by atoms with Gasteiger partial charge in [-0.3, -0.25) is 0 Å². The average Bonchev–Trinajstić information content (AvgIpc) is 2.79. The molecule has 96 valence electrons. The highest BCUT2D eigenvalue weighted by Gasteiger charge is 2.11. The topological polar surface area (TPSA) is 51.0 Å². The van der Waals surface area contributed by atoms with Gasteiger partial charge in [0.15, 0.2) is 5.82 Å². The molecular formula is C13H16FN3O. The van der Waals surface area contributed by atoms with Crippen molar-refractivity contribution in [3.63, 3.8) is 0 Å². The zero-order chi connectivity index (χ0) is 13.0. The van der Waals surface area contributed by atoms with Crippen LogP contribution in [0.1, 0.15) is 24.2 Å². The zero-order valence-electron chi connectivity index (χ0n) is 10.5. The lowest BCUT2D eigenvalue weighted by molar-refractivity contribution is 0.376. The molecule has 0 saturated heterocycles. The van der Waals surface area contributed by atoms with Crippen LogP contribution in [0.2, 0.25) is 0 Å². The molecule has 1 aromatic heterocycles. The Labute approximate surface area is 105 Å². The highest BCUT2D eigenvalue weighted by atomic mass is 19.1. The molecule has 1 unspecified atom stereocenters. The van der Waals surface area contributed by atoms with E-state index in [0.29, 0.717) is 30.1 Å². The van der Waals surface area contributed by atoms with Crippen LogP contribution in [0.25, 0.3) is 0 Å². The molecule has 1 N–H and O–H groups in total. The molecule has 0 aliphatic heterocycles. The Morgan fingerprint density at radius 2 is 2.17 bits per heavy atom. The number of aromatic nitrogens is 2. The fourth-order valence-electron chi connectivity index (χ4n) is 1.63. The van der Waals surface area contributed by atoms with Crippen LogP contribution in [0.5, 0.6) is 0 Å². The molecule has 0 radical (unpaired) electrons. The third kappa shape index (κ3) is 3.13. The minimum absolute atomic E-state index is 0.249. The SMILES string of the molecule is CNC(C)Cc1noc(Cc2ccccc2F)n1. The van der Waals surface area contributed by atoms with Crippen molar-refractivity contribution in [1.82, 2.24) is 15.5 Å². The minimum Gasteiger partial charge on any atom is -0.339 e. The number of halogens is 1. The molecule has 2 aromatic rings. The van der Waals surface area contributed by atoms with E-state index in [1.807, 2.05) is 14.0 Å². The smallest absolute Gasteiger partial charge is 0.231 e. The van der Waals surface area contributed by atoms with Crippen LogP contribution in [0, 0.1) is 5.82 Å². The quantitative estimate of drug-likeness (QED) is 0.880. The van der Waals surface area contributed by atoms with Gasteiger partial charge in [-0.05, 0) is 25.6 Å². The maximum atomic E-state index is 13.4. The number of rotatable bonds is 5. The van der Waals surface area contributed by atoms with E-state index in [0.717, 1.165) is 0 Å². The lowest BCUT2D eigenvalue weighted by Gasteiger charge is -2.04. The Hall–Kier alpha value is -1.75. The molecule has 18 heavy (non-hydrogen) atoms. The molecule has 1 atom stereocenters. The van der Waals surface area contributed by atoms with Gasteiger partial charge in [0.05, 0.1) is 6.42 Å². The summed E-state index contributed by atoms with van der Waals surface area (Å²) in [6.07, 6.45) is 1.02. The molecule has 0 aliphatic rings. The molecule has 0 saturated carbocycles. The Bertz CT molecular complexity index is 512. The number of hydrogen-bond acceptors (Lipinski definition) is 4. The number of likely N-dealkylation sites (N-methyl/N-ethyl adjacent to an activating group) is 1. The van der Waals surface area contributed by atoms with Gasteiger partial charge < -0.3 is 9.84 Å². The predicted molar refractivity (Wildman–Crippen MR) is 65.7 cm³/mol. The van der Waals surface area contributed by atoms with E-state index in [1.54, 1.807) is 18.2 Å². The van der Waals surface area contributed by atoms with Crippen LogP contribution in [-0.4, -0.2) is 23.2 Å². The van der Waals surface area contributed by atoms with Crippen LogP contribution in [0.3, 0.4) is 0 Å². The summed E-state index contributed by atoms with van der Waals surface area (Å²) in [6, 6.07) is 6.88. The maximum Gasteiger partial charge on any atom is 0.231 e. The number of nitrogens with zero attached hydrogens (tertiary/aromatic N) is 2. The fraction of sp³-hybridized carbons (Fsp3) is 0.385. The largest absolute Gasteiger partial charge is 0.339 e. The van der Waals surface area contributed by atoms with Gasteiger partial charge in [0.1, 0.15) is 5.82 Å². The van der Waals surface area contributed by atoms with Crippen LogP contribution >= 0.6 is 0 Å². The van der Waals surface area contributed by atoms with E-state index in [2.05, 4.69) is 15.5 Å². The first kappa shape index (κ1) is 12.7. The standard InChI is InChI=1S/C13H16FN3O/c1-9(15-2)7-12-16-13(18-17-12)8-10-5-3-4-6-11(10)14/h3-6,9,15H,7-8H2,1-2H3. The van der Waals surface area contributed by atoms with E-state index in [-0.39, 0.29) is 11.9 Å². The van der Waals surface area contributed by atoms with Gasteiger partial charge in [0.25, 0.3) is 0 Å². The first-order valence-corrected chi connectivity index (χ1v) is 5.91. The maximum absolute atomic E-state index is 13.4. The van der Waals surface area contributed by atoms with Crippen LogP contribution in [0.4, 0.5) is 4.39 Å². The molecule has 1 heterocycles. The molecule has 1 aromatic carbocycles. The molecule has 0 amide bonds. The molecule has 0 fully saturated rings. The van der Waals surface area contributed by atoms with Crippen molar-refractivity contribution in [1.29, 1.82) is 0 Å². The van der Waals surface area contributed by atoms with Gasteiger partial charge in [-0.1, -0.05) is 23.4 Å².